The van der Waals surface area contributed by atoms with Crippen LogP contribution in [-0.4, -0.2) is 36.3 Å². The van der Waals surface area contributed by atoms with Gasteiger partial charge in [-0.05, 0) is 32.6 Å². The molecule has 2 rings (SSSR count). The predicted molar refractivity (Wildman–Crippen MR) is 70.0 cm³/mol. The molecule has 0 bridgehead atoms. The molecule has 1 aliphatic heterocycles. The third-order valence-electron chi connectivity index (χ3n) is 3.26. The first kappa shape index (κ1) is 13.1. The number of nitrogens with zero attached hydrogens (tertiary/aromatic N) is 2. The zero-order valence-electron chi connectivity index (χ0n) is 11.1. The molecule has 0 saturated carbocycles. The van der Waals surface area contributed by atoms with Gasteiger partial charge in [0, 0.05) is 13.2 Å². The second-order valence-corrected chi connectivity index (χ2v) is 4.56. The summed E-state index contributed by atoms with van der Waals surface area (Å²) < 4.78 is 10.9. The highest BCUT2D eigenvalue weighted by Crippen LogP contribution is 2.20. The van der Waals surface area contributed by atoms with Gasteiger partial charge in [0.05, 0.1) is 18.8 Å². The molecule has 18 heavy (non-hydrogen) atoms. The minimum absolute atomic E-state index is 0.398. The van der Waals surface area contributed by atoms with Crippen molar-refractivity contribution in [1.29, 1.82) is 0 Å². The van der Waals surface area contributed by atoms with E-state index in [1.165, 1.54) is 25.6 Å². The number of methoxy groups -OCH3 is 1. The van der Waals surface area contributed by atoms with Crippen LogP contribution in [0.4, 0.5) is 5.82 Å². The average Bonchev–Trinajstić information content (AvgIpc) is 2.42. The van der Waals surface area contributed by atoms with Gasteiger partial charge in [-0.2, -0.15) is 0 Å². The molecule has 1 saturated heterocycles. The largest absolute Gasteiger partial charge is 0.481 e. The fourth-order valence-corrected chi connectivity index (χ4v) is 2.20. The Morgan fingerprint density at radius 1 is 1.44 bits per heavy atom. The predicted octanol–water partition coefficient (Wildman–Crippen LogP) is 2.16. The first-order valence-electron chi connectivity index (χ1n) is 6.52. The summed E-state index contributed by atoms with van der Waals surface area (Å²) in [7, 11) is 1.62. The van der Waals surface area contributed by atoms with Crippen LogP contribution in [0.1, 0.15) is 31.2 Å². The van der Waals surface area contributed by atoms with E-state index in [4.69, 9.17) is 9.47 Å². The van der Waals surface area contributed by atoms with Crippen LogP contribution in [0.3, 0.4) is 0 Å². The summed E-state index contributed by atoms with van der Waals surface area (Å²) in [5.74, 6) is 1.47. The summed E-state index contributed by atoms with van der Waals surface area (Å²) in [5.41, 5.74) is 0.949. The van der Waals surface area contributed by atoms with Crippen LogP contribution in [0.2, 0.25) is 0 Å². The molecule has 100 valence electrons. The van der Waals surface area contributed by atoms with Gasteiger partial charge < -0.3 is 14.8 Å². The topological polar surface area (TPSA) is 56.3 Å². The number of ether oxygens (including phenoxy) is 2. The van der Waals surface area contributed by atoms with Crippen LogP contribution in [0, 0.1) is 6.92 Å². The Morgan fingerprint density at radius 3 is 3.06 bits per heavy atom. The van der Waals surface area contributed by atoms with Gasteiger partial charge in [-0.1, -0.05) is 0 Å². The Bertz CT molecular complexity index is 378. The van der Waals surface area contributed by atoms with E-state index in [2.05, 4.69) is 15.3 Å². The molecule has 1 aromatic heterocycles. The van der Waals surface area contributed by atoms with Crippen LogP contribution in [0.15, 0.2) is 6.33 Å². The van der Waals surface area contributed by atoms with E-state index in [9.17, 15) is 0 Å². The molecule has 0 amide bonds. The summed E-state index contributed by atoms with van der Waals surface area (Å²) in [5, 5.41) is 3.32. The number of hydrogen-bond donors (Lipinski definition) is 1. The van der Waals surface area contributed by atoms with E-state index in [1.807, 2.05) is 6.92 Å². The SMILES string of the molecule is COc1ncnc(NCCC2CCCCO2)c1C. The van der Waals surface area contributed by atoms with Crippen LogP contribution < -0.4 is 10.1 Å². The highest BCUT2D eigenvalue weighted by molar-refractivity contribution is 5.47. The molecule has 1 N–H and O–H groups in total. The number of anilines is 1. The molecular weight excluding hydrogens is 230 g/mol. The molecule has 1 atom stereocenters. The quantitative estimate of drug-likeness (QED) is 0.869. The molecule has 1 fully saturated rings. The molecule has 0 aliphatic carbocycles. The van der Waals surface area contributed by atoms with Crippen LogP contribution >= 0.6 is 0 Å². The summed E-state index contributed by atoms with van der Waals surface area (Å²) in [6.45, 7) is 3.73. The third kappa shape index (κ3) is 3.32. The van der Waals surface area contributed by atoms with Gasteiger partial charge in [-0.15, -0.1) is 0 Å². The zero-order chi connectivity index (χ0) is 12.8. The Hall–Kier alpha value is -1.36. The summed E-state index contributed by atoms with van der Waals surface area (Å²) in [6, 6.07) is 0. The van der Waals surface area contributed by atoms with E-state index in [1.54, 1.807) is 7.11 Å². The van der Waals surface area contributed by atoms with Gasteiger partial charge in [0.2, 0.25) is 5.88 Å². The summed E-state index contributed by atoms with van der Waals surface area (Å²) >= 11 is 0. The lowest BCUT2D eigenvalue weighted by molar-refractivity contribution is 0.0134. The second kappa shape index (κ2) is 6.54. The van der Waals surface area contributed by atoms with Gasteiger partial charge in [0.25, 0.3) is 0 Å². The van der Waals surface area contributed by atoms with Gasteiger partial charge in [0.1, 0.15) is 12.1 Å². The Labute approximate surface area is 108 Å². The maximum absolute atomic E-state index is 5.69. The highest BCUT2D eigenvalue weighted by Gasteiger charge is 2.13. The summed E-state index contributed by atoms with van der Waals surface area (Å²) in [6.07, 6.45) is 6.59. The molecule has 5 nitrogen and oxygen atoms in total. The average molecular weight is 251 g/mol. The molecular formula is C13H21N3O2. The maximum atomic E-state index is 5.69. The second-order valence-electron chi connectivity index (χ2n) is 4.56. The van der Waals surface area contributed by atoms with E-state index in [-0.39, 0.29) is 0 Å². The molecule has 1 unspecified atom stereocenters. The van der Waals surface area contributed by atoms with Crippen molar-refractivity contribution in [2.45, 2.75) is 38.7 Å². The first-order valence-corrected chi connectivity index (χ1v) is 6.52. The lowest BCUT2D eigenvalue weighted by Gasteiger charge is -2.22. The molecule has 5 heteroatoms. The van der Waals surface area contributed by atoms with Crippen LogP contribution in [0.25, 0.3) is 0 Å². The van der Waals surface area contributed by atoms with Crippen molar-refractivity contribution < 1.29 is 9.47 Å². The smallest absolute Gasteiger partial charge is 0.221 e. The molecule has 0 aromatic carbocycles. The number of hydrogen-bond acceptors (Lipinski definition) is 5. The fraction of sp³-hybridized carbons (Fsp3) is 0.692. The minimum atomic E-state index is 0.398. The number of aromatic nitrogens is 2. The van der Waals surface area contributed by atoms with Crippen molar-refractivity contribution in [3.63, 3.8) is 0 Å². The van der Waals surface area contributed by atoms with Crippen molar-refractivity contribution in [2.75, 3.05) is 25.6 Å². The van der Waals surface area contributed by atoms with Gasteiger partial charge in [-0.25, -0.2) is 9.97 Å². The van der Waals surface area contributed by atoms with E-state index in [0.29, 0.717) is 12.0 Å². The van der Waals surface area contributed by atoms with Gasteiger partial charge in [0.15, 0.2) is 0 Å². The normalized spacial score (nSPS) is 19.6. The Morgan fingerprint density at radius 2 is 2.33 bits per heavy atom. The standard InChI is InChI=1S/C13H21N3O2/c1-10-12(15-9-16-13(10)17-2)14-7-6-11-5-3-4-8-18-11/h9,11H,3-8H2,1-2H3,(H,14,15,16). The summed E-state index contributed by atoms with van der Waals surface area (Å²) in [4.78, 5) is 8.28. The third-order valence-corrected chi connectivity index (χ3v) is 3.26. The number of nitrogens with one attached hydrogen (secondary N) is 1. The van der Waals surface area contributed by atoms with E-state index in [0.717, 1.165) is 31.0 Å². The van der Waals surface area contributed by atoms with Crippen LogP contribution in [0.5, 0.6) is 5.88 Å². The van der Waals surface area contributed by atoms with Gasteiger partial charge >= 0.3 is 0 Å². The monoisotopic (exact) mass is 251 g/mol. The lowest BCUT2D eigenvalue weighted by Crippen LogP contribution is -2.22. The zero-order valence-corrected chi connectivity index (χ0v) is 11.1. The number of rotatable bonds is 5. The molecule has 1 aliphatic rings. The fourth-order valence-electron chi connectivity index (χ4n) is 2.20. The van der Waals surface area contributed by atoms with Crippen molar-refractivity contribution in [2.24, 2.45) is 0 Å². The maximum Gasteiger partial charge on any atom is 0.221 e. The first-order chi connectivity index (χ1) is 8.81. The van der Waals surface area contributed by atoms with Crippen molar-refractivity contribution in [3.8, 4) is 5.88 Å². The Kier molecular flexibility index (Phi) is 4.75. The van der Waals surface area contributed by atoms with Crippen molar-refractivity contribution in [3.05, 3.63) is 11.9 Å². The Balaban J connectivity index is 1.82. The molecule has 0 radical (unpaired) electrons. The van der Waals surface area contributed by atoms with E-state index < -0.39 is 0 Å². The van der Waals surface area contributed by atoms with Crippen LogP contribution in [-0.2, 0) is 4.74 Å². The van der Waals surface area contributed by atoms with E-state index >= 15 is 0 Å². The van der Waals surface area contributed by atoms with Gasteiger partial charge in [-0.3, -0.25) is 0 Å². The molecule has 0 spiro atoms. The van der Waals surface area contributed by atoms with Crippen molar-refractivity contribution in [1.82, 2.24) is 9.97 Å². The minimum Gasteiger partial charge on any atom is -0.481 e. The lowest BCUT2D eigenvalue weighted by atomic mass is 10.1. The molecule has 1 aromatic rings. The molecule has 2 heterocycles. The van der Waals surface area contributed by atoms with Crippen molar-refractivity contribution >= 4 is 5.82 Å². The highest BCUT2D eigenvalue weighted by atomic mass is 16.5.